The van der Waals surface area contributed by atoms with Crippen LogP contribution in [0.1, 0.15) is 21.6 Å². The van der Waals surface area contributed by atoms with Crippen LogP contribution >= 0.6 is 22.7 Å². The summed E-state index contributed by atoms with van der Waals surface area (Å²) in [6.07, 6.45) is 1.80. The predicted octanol–water partition coefficient (Wildman–Crippen LogP) is 4.68. The van der Waals surface area contributed by atoms with Crippen LogP contribution in [0.25, 0.3) is 10.6 Å². The van der Waals surface area contributed by atoms with Crippen molar-refractivity contribution >= 4 is 33.7 Å². The molecule has 0 fully saturated rings. The van der Waals surface area contributed by atoms with E-state index >= 15 is 0 Å². The highest BCUT2D eigenvalue weighted by atomic mass is 32.1. The van der Waals surface area contributed by atoms with Gasteiger partial charge >= 0.3 is 0 Å². The average Bonchev–Trinajstić information content (AvgIpc) is 3.36. The number of anilines is 1. The van der Waals surface area contributed by atoms with E-state index in [-0.39, 0.29) is 5.91 Å². The first-order valence-electron chi connectivity index (χ1n) is 8.08. The van der Waals surface area contributed by atoms with Gasteiger partial charge in [0.1, 0.15) is 5.69 Å². The van der Waals surface area contributed by atoms with Crippen LogP contribution in [0.15, 0.2) is 59.4 Å². The summed E-state index contributed by atoms with van der Waals surface area (Å²) in [7, 11) is 0. The third-order valence-electron chi connectivity index (χ3n) is 3.79. The van der Waals surface area contributed by atoms with Gasteiger partial charge in [-0.1, -0.05) is 36.4 Å². The van der Waals surface area contributed by atoms with Gasteiger partial charge in [-0.15, -0.1) is 22.7 Å². The molecule has 0 aliphatic heterocycles. The number of amides is 1. The molecule has 7 heteroatoms. The van der Waals surface area contributed by atoms with Crippen LogP contribution in [0.4, 0.5) is 5.13 Å². The Balaban J connectivity index is 1.66. The summed E-state index contributed by atoms with van der Waals surface area (Å²) in [5.41, 5.74) is 3.27. The van der Waals surface area contributed by atoms with Gasteiger partial charge in [-0.25, -0.2) is 4.98 Å². The summed E-state index contributed by atoms with van der Waals surface area (Å²) in [5.74, 6) is -0.193. The summed E-state index contributed by atoms with van der Waals surface area (Å²) in [6.45, 7) is 2.52. The van der Waals surface area contributed by atoms with Gasteiger partial charge < -0.3 is 0 Å². The number of nitrogens with one attached hydrogen (secondary N) is 1. The Labute approximate surface area is 159 Å². The third kappa shape index (κ3) is 3.58. The number of aryl methyl sites for hydroxylation is 1. The fourth-order valence-electron chi connectivity index (χ4n) is 2.61. The lowest BCUT2D eigenvalue weighted by Crippen LogP contribution is -2.12. The highest BCUT2D eigenvalue weighted by Crippen LogP contribution is 2.28. The van der Waals surface area contributed by atoms with Crippen molar-refractivity contribution in [3.8, 4) is 10.6 Å². The summed E-state index contributed by atoms with van der Waals surface area (Å²) < 4.78 is 1.81. The summed E-state index contributed by atoms with van der Waals surface area (Å²) in [5, 5.41) is 12.0. The second-order valence-corrected chi connectivity index (χ2v) is 7.61. The molecular formula is C19H16N4OS2. The Morgan fingerprint density at radius 2 is 2.00 bits per heavy atom. The molecule has 0 saturated carbocycles. The number of rotatable bonds is 5. The van der Waals surface area contributed by atoms with Crippen LogP contribution in [0.2, 0.25) is 0 Å². The summed E-state index contributed by atoms with van der Waals surface area (Å²) >= 11 is 2.99. The van der Waals surface area contributed by atoms with Gasteiger partial charge in [0.2, 0.25) is 0 Å². The monoisotopic (exact) mass is 380 g/mol. The summed E-state index contributed by atoms with van der Waals surface area (Å²) in [4.78, 5) is 18.1. The number of hydrogen-bond donors (Lipinski definition) is 1. The van der Waals surface area contributed by atoms with Crippen LogP contribution in [0.3, 0.4) is 0 Å². The second kappa shape index (κ2) is 7.23. The number of thiophene rings is 1. The van der Waals surface area contributed by atoms with E-state index in [9.17, 15) is 4.79 Å². The van der Waals surface area contributed by atoms with E-state index in [0.717, 1.165) is 16.1 Å². The quantitative estimate of drug-likeness (QED) is 0.547. The van der Waals surface area contributed by atoms with Crippen molar-refractivity contribution in [2.24, 2.45) is 0 Å². The zero-order valence-corrected chi connectivity index (χ0v) is 15.7. The van der Waals surface area contributed by atoms with Crippen molar-refractivity contribution in [3.05, 3.63) is 76.2 Å². The predicted molar refractivity (Wildman–Crippen MR) is 106 cm³/mol. The fourth-order valence-corrected chi connectivity index (χ4v) is 4.02. The van der Waals surface area contributed by atoms with Gasteiger partial charge in [-0.3, -0.25) is 14.8 Å². The molecule has 3 aromatic heterocycles. The maximum absolute atomic E-state index is 12.8. The maximum Gasteiger partial charge on any atom is 0.261 e. The molecule has 0 radical (unpaired) electrons. The number of hydrogen-bond acceptors (Lipinski definition) is 5. The molecule has 130 valence electrons. The molecular weight excluding hydrogens is 364 g/mol. The standard InChI is InChI=1S/C19H16N4OS2/c1-13-12-26-19(20-13)21-18(24)15-11-23(10-14-6-3-2-4-7-14)22-17(15)16-8-5-9-25-16/h2-9,11-12H,10H2,1H3,(H,20,21,24). The molecule has 0 atom stereocenters. The fraction of sp³-hybridized carbons (Fsp3) is 0.105. The topological polar surface area (TPSA) is 59.8 Å². The van der Waals surface area contributed by atoms with Gasteiger partial charge in [0.25, 0.3) is 5.91 Å². The summed E-state index contributed by atoms with van der Waals surface area (Å²) in [6, 6.07) is 14.0. The van der Waals surface area contributed by atoms with E-state index in [1.54, 1.807) is 17.5 Å². The minimum absolute atomic E-state index is 0.193. The Morgan fingerprint density at radius 1 is 1.15 bits per heavy atom. The van der Waals surface area contributed by atoms with Crippen molar-refractivity contribution < 1.29 is 4.79 Å². The van der Waals surface area contributed by atoms with E-state index < -0.39 is 0 Å². The Bertz CT molecular complexity index is 1020. The van der Waals surface area contributed by atoms with Crippen LogP contribution in [-0.4, -0.2) is 20.7 Å². The SMILES string of the molecule is Cc1csc(NC(=O)c2cn(Cc3ccccc3)nc2-c2cccs2)n1. The smallest absolute Gasteiger partial charge is 0.261 e. The van der Waals surface area contributed by atoms with Crippen LogP contribution in [-0.2, 0) is 6.54 Å². The lowest BCUT2D eigenvalue weighted by molar-refractivity contribution is 0.102. The molecule has 4 rings (SSSR count). The van der Waals surface area contributed by atoms with Crippen LogP contribution < -0.4 is 5.32 Å². The zero-order valence-electron chi connectivity index (χ0n) is 14.0. The number of carbonyl (C=O) groups is 1. The van der Waals surface area contributed by atoms with Crippen molar-refractivity contribution in [3.63, 3.8) is 0 Å². The van der Waals surface area contributed by atoms with E-state index in [4.69, 9.17) is 0 Å². The van der Waals surface area contributed by atoms with E-state index in [0.29, 0.717) is 22.9 Å². The van der Waals surface area contributed by atoms with E-state index in [1.165, 1.54) is 11.3 Å². The molecule has 0 unspecified atom stereocenters. The molecule has 5 nitrogen and oxygen atoms in total. The highest BCUT2D eigenvalue weighted by molar-refractivity contribution is 7.14. The van der Waals surface area contributed by atoms with E-state index in [2.05, 4.69) is 15.4 Å². The number of carbonyl (C=O) groups excluding carboxylic acids is 1. The number of nitrogens with zero attached hydrogens (tertiary/aromatic N) is 3. The van der Waals surface area contributed by atoms with Crippen molar-refractivity contribution in [2.45, 2.75) is 13.5 Å². The van der Waals surface area contributed by atoms with E-state index in [1.807, 2.05) is 64.8 Å². The Hall–Kier alpha value is -2.77. The molecule has 4 aromatic rings. The molecule has 0 aliphatic rings. The third-order valence-corrected chi connectivity index (χ3v) is 5.54. The second-order valence-electron chi connectivity index (χ2n) is 5.80. The molecule has 0 saturated heterocycles. The first-order valence-corrected chi connectivity index (χ1v) is 9.84. The average molecular weight is 380 g/mol. The Morgan fingerprint density at radius 3 is 2.69 bits per heavy atom. The molecule has 0 bridgehead atoms. The van der Waals surface area contributed by atoms with Crippen molar-refractivity contribution in [1.29, 1.82) is 0 Å². The minimum atomic E-state index is -0.193. The normalized spacial score (nSPS) is 10.8. The molecule has 3 heterocycles. The first-order chi connectivity index (χ1) is 12.7. The van der Waals surface area contributed by atoms with Gasteiger partial charge in [-0.05, 0) is 23.9 Å². The zero-order chi connectivity index (χ0) is 17.9. The molecule has 0 spiro atoms. The van der Waals surface area contributed by atoms with Gasteiger partial charge in [-0.2, -0.15) is 5.10 Å². The lowest BCUT2D eigenvalue weighted by atomic mass is 10.2. The largest absolute Gasteiger partial charge is 0.298 e. The highest BCUT2D eigenvalue weighted by Gasteiger charge is 2.19. The van der Waals surface area contributed by atoms with Gasteiger partial charge in [0, 0.05) is 11.6 Å². The van der Waals surface area contributed by atoms with Gasteiger partial charge in [0.15, 0.2) is 5.13 Å². The number of aromatic nitrogens is 3. The van der Waals surface area contributed by atoms with Gasteiger partial charge in [0.05, 0.1) is 22.7 Å². The maximum atomic E-state index is 12.8. The molecule has 1 amide bonds. The molecule has 26 heavy (non-hydrogen) atoms. The first kappa shape index (κ1) is 16.7. The van der Waals surface area contributed by atoms with Crippen LogP contribution in [0.5, 0.6) is 0 Å². The lowest BCUT2D eigenvalue weighted by Gasteiger charge is -2.01. The number of benzene rings is 1. The van der Waals surface area contributed by atoms with Crippen molar-refractivity contribution in [2.75, 3.05) is 5.32 Å². The minimum Gasteiger partial charge on any atom is -0.298 e. The Kier molecular flexibility index (Phi) is 4.64. The van der Waals surface area contributed by atoms with Crippen molar-refractivity contribution in [1.82, 2.24) is 14.8 Å². The number of thiazole rings is 1. The molecule has 1 N–H and O–H groups in total. The molecule has 1 aromatic carbocycles. The van der Waals surface area contributed by atoms with Crippen LogP contribution in [0, 0.1) is 6.92 Å². The molecule has 0 aliphatic carbocycles.